The number of hydrogen-bond acceptors (Lipinski definition) is 8. The standard InChI is InChI=1S/C15H16N6O2S/c1-9-11-12(17-8-18-14(11)23-20-9)21-5-2-3-10(7-21)13(22)19-15-16-4-6-24-15/h4,6,8,10H,2-3,5,7H2,1H3,(H,16,19,22)/t10-/m0/s1. The number of carbonyl (C=O) groups excluding carboxylic acids is 1. The highest BCUT2D eigenvalue weighted by atomic mass is 32.1. The highest BCUT2D eigenvalue weighted by Gasteiger charge is 2.29. The molecule has 1 aliphatic rings. The van der Waals surface area contributed by atoms with Crippen LogP contribution in [0, 0.1) is 12.8 Å². The van der Waals surface area contributed by atoms with Gasteiger partial charge in [0.25, 0.3) is 5.71 Å². The maximum absolute atomic E-state index is 12.5. The lowest BCUT2D eigenvalue weighted by molar-refractivity contribution is -0.120. The van der Waals surface area contributed by atoms with E-state index in [-0.39, 0.29) is 11.8 Å². The van der Waals surface area contributed by atoms with Gasteiger partial charge in [0.05, 0.1) is 11.6 Å². The van der Waals surface area contributed by atoms with Crippen molar-refractivity contribution in [1.82, 2.24) is 20.1 Å². The Morgan fingerprint density at radius 1 is 1.42 bits per heavy atom. The van der Waals surface area contributed by atoms with Gasteiger partial charge in [-0.25, -0.2) is 9.97 Å². The van der Waals surface area contributed by atoms with E-state index in [2.05, 4.69) is 30.3 Å². The molecule has 1 N–H and O–H groups in total. The highest BCUT2D eigenvalue weighted by molar-refractivity contribution is 7.13. The van der Waals surface area contributed by atoms with Gasteiger partial charge in [-0.15, -0.1) is 11.3 Å². The van der Waals surface area contributed by atoms with Gasteiger partial charge in [0, 0.05) is 24.7 Å². The van der Waals surface area contributed by atoms with E-state index >= 15 is 0 Å². The van der Waals surface area contributed by atoms with Crippen LogP contribution in [0.2, 0.25) is 0 Å². The number of fused-ring (bicyclic) bond motifs is 1. The summed E-state index contributed by atoms with van der Waals surface area (Å²) in [5, 5.41) is 10.1. The van der Waals surface area contributed by atoms with Crippen molar-refractivity contribution >= 4 is 39.3 Å². The SMILES string of the molecule is Cc1noc2ncnc(N3CCC[C@H](C(=O)Nc4nccs4)C3)c12. The minimum Gasteiger partial charge on any atom is -0.355 e. The lowest BCUT2D eigenvalue weighted by Crippen LogP contribution is -2.41. The summed E-state index contributed by atoms with van der Waals surface area (Å²) in [4.78, 5) is 27.2. The van der Waals surface area contributed by atoms with E-state index in [4.69, 9.17) is 4.52 Å². The zero-order valence-corrected chi connectivity index (χ0v) is 13.9. The van der Waals surface area contributed by atoms with E-state index in [0.717, 1.165) is 36.3 Å². The van der Waals surface area contributed by atoms with Crippen LogP contribution in [0.15, 0.2) is 22.4 Å². The molecule has 0 bridgehead atoms. The Morgan fingerprint density at radius 3 is 3.17 bits per heavy atom. The third-order valence-corrected chi connectivity index (χ3v) is 4.87. The number of aromatic nitrogens is 4. The molecule has 24 heavy (non-hydrogen) atoms. The van der Waals surface area contributed by atoms with Crippen molar-refractivity contribution < 1.29 is 9.32 Å². The van der Waals surface area contributed by atoms with Crippen LogP contribution < -0.4 is 10.2 Å². The molecule has 0 aliphatic carbocycles. The predicted octanol–water partition coefficient (Wildman–Crippen LogP) is 2.24. The fourth-order valence-electron chi connectivity index (χ4n) is 3.02. The number of aryl methyl sites for hydroxylation is 1. The zero-order valence-electron chi connectivity index (χ0n) is 13.1. The summed E-state index contributed by atoms with van der Waals surface area (Å²) in [6.45, 7) is 3.32. The van der Waals surface area contributed by atoms with Crippen LogP contribution in [0.3, 0.4) is 0 Å². The van der Waals surface area contributed by atoms with E-state index in [0.29, 0.717) is 17.4 Å². The number of carbonyl (C=O) groups is 1. The summed E-state index contributed by atoms with van der Waals surface area (Å²) in [6, 6.07) is 0. The molecule has 8 nitrogen and oxygen atoms in total. The van der Waals surface area contributed by atoms with E-state index in [9.17, 15) is 4.79 Å². The minimum absolute atomic E-state index is 0.00184. The van der Waals surface area contributed by atoms with Gasteiger partial charge in [0.2, 0.25) is 5.91 Å². The second-order valence-electron chi connectivity index (χ2n) is 5.76. The second-order valence-corrected chi connectivity index (χ2v) is 6.65. The summed E-state index contributed by atoms with van der Waals surface area (Å²) in [5.74, 6) is 0.681. The molecule has 0 spiro atoms. The Kier molecular flexibility index (Phi) is 3.85. The summed E-state index contributed by atoms with van der Waals surface area (Å²) in [7, 11) is 0. The van der Waals surface area contributed by atoms with Crippen molar-refractivity contribution in [1.29, 1.82) is 0 Å². The first-order valence-electron chi connectivity index (χ1n) is 7.74. The zero-order chi connectivity index (χ0) is 16.5. The largest absolute Gasteiger partial charge is 0.355 e. The Bertz CT molecular complexity index is 862. The Hall–Kier alpha value is -2.55. The molecule has 0 saturated carbocycles. The lowest BCUT2D eigenvalue weighted by Gasteiger charge is -2.32. The molecule has 0 unspecified atom stereocenters. The van der Waals surface area contributed by atoms with Gasteiger partial charge in [-0.3, -0.25) is 4.79 Å². The molecule has 4 heterocycles. The van der Waals surface area contributed by atoms with Crippen molar-refractivity contribution in [2.75, 3.05) is 23.3 Å². The quantitative estimate of drug-likeness (QED) is 0.778. The Morgan fingerprint density at radius 2 is 2.33 bits per heavy atom. The molecule has 1 atom stereocenters. The smallest absolute Gasteiger partial charge is 0.263 e. The molecule has 1 amide bonds. The topological polar surface area (TPSA) is 97.0 Å². The van der Waals surface area contributed by atoms with E-state index in [1.807, 2.05) is 12.3 Å². The predicted molar refractivity (Wildman–Crippen MR) is 90.0 cm³/mol. The van der Waals surface area contributed by atoms with Crippen molar-refractivity contribution in [3.05, 3.63) is 23.6 Å². The molecule has 124 valence electrons. The summed E-state index contributed by atoms with van der Waals surface area (Å²) in [5.41, 5.74) is 1.24. The van der Waals surface area contributed by atoms with Crippen LogP contribution in [0.5, 0.6) is 0 Å². The molecule has 4 rings (SSSR count). The molecule has 3 aromatic heterocycles. The van der Waals surface area contributed by atoms with Crippen LogP contribution >= 0.6 is 11.3 Å². The molecule has 0 aromatic carbocycles. The van der Waals surface area contributed by atoms with Crippen molar-refractivity contribution in [2.24, 2.45) is 5.92 Å². The van der Waals surface area contributed by atoms with Crippen LogP contribution in [0.4, 0.5) is 10.9 Å². The fraction of sp³-hybridized carbons (Fsp3) is 0.400. The van der Waals surface area contributed by atoms with Gasteiger partial charge in [-0.05, 0) is 19.8 Å². The van der Waals surface area contributed by atoms with Gasteiger partial charge < -0.3 is 14.7 Å². The number of thiazole rings is 1. The highest BCUT2D eigenvalue weighted by Crippen LogP contribution is 2.29. The first kappa shape index (κ1) is 15.0. The normalized spacial score (nSPS) is 18.0. The number of piperidine rings is 1. The van der Waals surface area contributed by atoms with Crippen molar-refractivity contribution in [3.63, 3.8) is 0 Å². The average Bonchev–Trinajstić information content (AvgIpc) is 3.25. The molecule has 3 aromatic rings. The summed E-state index contributed by atoms with van der Waals surface area (Å²) in [6.07, 6.45) is 4.93. The first-order chi connectivity index (χ1) is 11.7. The lowest BCUT2D eigenvalue weighted by atomic mass is 9.97. The molecule has 1 saturated heterocycles. The molecule has 1 aliphatic heterocycles. The summed E-state index contributed by atoms with van der Waals surface area (Å²) < 4.78 is 5.21. The monoisotopic (exact) mass is 344 g/mol. The number of nitrogens with zero attached hydrogens (tertiary/aromatic N) is 5. The number of amides is 1. The van der Waals surface area contributed by atoms with Crippen LogP contribution in [0.25, 0.3) is 11.1 Å². The molecular weight excluding hydrogens is 328 g/mol. The van der Waals surface area contributed by atoms with Gasteiger partial charge in [-0.1, -0.05) is 5.16 Å². The number of anilines is 2. The third-order valence-electron chi connectivity index (χ3n) is 4.18. The molecule has 9 heteroatoms. The number of rotatable bonds is 3. The number of hydrogen-bond donors (Lipinski definition) is 1. The third kappa shape index (κ3) is 2.71. The Labute approximate surface area is 141 Å². The fourth-order valence-corrected chi connectivity index (χ4v) is 3.55. The average molecular weight is 344 g/mol. The van der Waals surface area contributed by atoms with Gasteiger partial charge in [0.15, 0.2) is 5.13 Å². The molecule has 0 radical (unpaired) electrons. The molecule has 1 fully saturated rings. The Balaban J connectivity index is 1.56. The molecular formula is C15H16N6O2S. The van der Waals surface area contributed by atoms with E-state index in [1.165, 1.54) is 17.7 Å². The van der Waals surface area contributed by atoms with Gasteiger partial charge >= 0.3 is 0 Å². The second kappa shape index (κ2) is 6.16. The maximum Gasteiger partial charge on any atom is 0.263 e. The van der Waals surface area contributed by atoms with Crippen molar-refractivity contribution in [2.45, 2.75) is 19.8 Å². The van der Waals surface area contributed by atoms with E-state index < -0.39 is 0 Å². The van der Waals surface area contributed by atoms with Crippen LogP contribution in [-0.2, 0) is 4.79 Å². The summed E-state index contributed by atoms with van der Waals surface area (Å²) >= 11 is 1.42. The minimum atomic E-state index is -0.104. The maximum atomic E-state index is 12.5. The van der Waals surface area contributed by atoms with Crippen LogP contribution in [-0.4, -0.2) is 39.1 Å². The van der Waals surface area contributed by atoms with Gasteiger partial charge in [0.1, 0.15) is 17.5 Å². The number of nitrogens with one attached hydrogen (secondary N) is 1. The van der Waals surface area contributed by atoms with Crippen LogP contribution in [0.1, 0.15) is 18.5 Å². The van der Waals surface area contributed by atoms with Crippen molar-refractivity contribution in [3.8, 4) is 0 Å². The van der Waals surface area contributed by atoms with E-state index in [1.54, 1.807) is 6.20 Å². The first-order valence-corrected chi connectivity index (χ1v) is 8.62. The van der Waals surface area contributed by atoms with Gasteiger partial charge in [-0.2, -0.15) is 4.98 Å².